The molecule has 2 aromatic rings. The van der Waals surface area contributed by atoms with Gasteiger partial charge >= 0.3 is 0 Å². The van der Waals surface area contributed by atoms with Crippen molar-refractivity contribution in [1.82, 2.24) is 14.8 Å². The Morgan fingerprint density at radius 3 is 3.00 bits per heavy atom. The lowest BCUT2D eigenvalue weighted by Crippen LogP contribution is -2.18. The number of nitrogens with zero attached hydrogens (tertiary/aromatic N) is 3. The normalized spacial score (nSPS) is 12.9. The van der Waals surface area contributed by atoms with Crippen LogP contribution in [0.15, 0.2) is 17.6 Å². The lowest BCUT2D eigenvalue weighted by Gasteiger charge is -2.11. The summed E-state index contributed by atoms with van der Waals surface area (Å²) in [6.45, 7) is 5.02. The van der Waals surface area contributed by atoms with E-state index in [1.54, 1.807) is 17.5 Å². The number of thiazole rings is 1. The first-order valence-corrected chi connectivity index (χ1v) is 6.29. The van der Waals surface area contributed by atoms with Gasteiger partial charge in [0.15, 0.2) is 0 Å². The van der Waals surface area contributed by atoms with E-state index in [0.29, 0.717) is 0 Å². The molecule has 2 aromatic heterocycles. The molecule has 0 saturated heterocycles. The zero-order valence-electron chi connectivity index (χ0n) is 9.55. The van der Waals surface area contributed by atoms with E-state index in [9.17, 15) is 0 Å². The molecule has 0 aliphatic carbocycles. The molecule has 16 heavy (non-hydrogen) atoms. The van der Waals surface area contributed by atoms with Crippen LogP contribution in [0.2, 0.25) is 0 Å². The molecular weight excluding hydrogens is 220 g/mol. The standard InChI is InChI=1S/C11H16N4S/c1-3-6-15-10(4-5-13-15)11(12)9-7-16-8(2)14-9/h4-5,7,11H,3,6,12H2,1-2H3. The lowest BCUT2D eigenvalue weighted by molar-refractivity contribution is 0.557. The Morgan fingerprint density at radius 2 is 2.38 bits per heavy atom. The maximum absolute atomic E-state index is 6.19. The molecule has 0 aliphatic rings. The van der Waals surface area contributed by atoms with Crippen LogP contribution in [0.4, 0.5) is 0 Å². The summed E-state index contributed by atoms with van der Waals surface area (Å²) in [5.41, 5.74) is 8.15. The summed E-state index contributed by atoms with van der Waals surface area (Å²) in [5, 5.41) is 7.34. The fourth-order valence-electron chi connectivity index (χ4n) is 1.68. The summed E-state index contributed by atoms with van der Waals surface area (Å²) in [5.74, 6) is 0. The van der Waals surface area contributed by atoms with Crippen molar-refractivity contribution in [3.63, 3.8) is 0 Å². The number of aryl methyl sites for hydroxylation is 2. The van der Waals surface area contributed by atoms with Crippen LogP contribution in [0.25, 0.3) is 0 Å². The Bertz CT molecular complexity index is 460. The van der Waals surface area contributed by atoms with Gasteiger partial charge in [-0.2, -0.15) is 5.10 Å². The van der Waals surface area contributed by atoms with Gasteiger partial charge in [0.1, 0.15) is 0 Å². The Kier molecular flexibility index (Phi) is 3.36. The molecule has 5 heteroatoms. The van der Waals surface area contributed by atoms with Crippen LogP contribution < -0.4 is 5.73 Å². The maximum atomic E-state index is 6.19. The van der Waals surface area contributed by atoms with Crippen LogP contribution in [0, 0.1) is 6.92 Å². The van der Waals surface area contributed by atoms with E-state index in [4.69, 9.17) is 5.73 Å². The van der Waals surface area contributed by atoms with Crippen molar-refractivity contribution in [2.75, 3.05) is 0 Å². The van der Waals surface area contributed by atoms with Crippen LogP contribution in [-0.4, -0.2) is 14.8 Å². The molecule has 0 bridgehead atoms. The van der Waals surface area contributed by atoms with Gasteiger partial charge in [0.2, 0.25) is 0 Å². The zero-order chi connectivity index (χ0) is 11.5. The van der Waals surface area contributed by atoms with Crippen molar-refractivity contribution in [3.8, 4) is 0 Å². The van der Waals surface area contributed by atoms with E-state index in [1.807, 2.05) is 23.1 Å². The van der Waals surface area contributed by atoms with Gasteiger partial charge < -0.3 is 5.73 Å². The van der Waals surface area contributed by atoms with E-state index in [2.05, 4.69) is 17.0 Å². The van der Waals surface area contributed by atoms with Crippen molar-refractivity contribution in [2.45, 2.75) is 32.9 Å². The highest BCUT2D eigenvalue weighted by Gasteiger charge is 2.15. The molecule has 2 heterocycles. The SMILES string of the molecule is CCCn1nccc1C(N)c1csc(C)n1. The van der Waals surface area contributed by atoms with Gasteiger partial charge in [-0.25, -0.2) is 4.98 Å². The summed E-state index contributed by atoms with van der Waals surface area (Å²) in [4.78, 5) is 4.42. The van der Waals surface area contributed by atoms with E-state index in [0.717, 1.165) is 29.4 Å². The molecule has 0 aliphatic heterocycles. The third-order valence-electron chi connectivity index (χ3n) is 2.46. The minimum Gasteiger partial charge on any atom is -0.318 e. The summed E-state index contributed by atoms with van der Waals surface area (Å²) < 4.78 is 1.96. The highest BCUT2D eigenvalue weighted by molar-refractivity contribution is 7.09. The third-order valence-corrected chi connectivity index (χ3v) is 3.25. The van der Waals surface area contributed by atoms with Crippen LogP contribution >= 0.6 is 11.3 Å². The fourth-order valence-corrected chi connectivity index (χ4v) is 2.33. The van der Waals surface area contributed by atoms with Crippen LogP contribution in [0.1, 0.15) is 35.8 Å². The first-order chi connectivity index (χ1) is 7.72. The second-order valence-electron chi connectivity index (χ2n) is 3.75. The quantitative estimate of drug-likeness (QED) is 0.884. The Morgan fingerprint density at radius 1 is 1.56 bits per heavy atom. The molecule has 1 unspecified atom stereocenters. The maximum Gasteiger partial charge on any atom is 0.0905 e. The average Bonchev–Trinajstić information content (AvgIpc) is 2.87. The van der Waals surface area contributed by atoms with E-state index in [1.165, 1.54) is 0 Å². The van der Waals surface area contributed by atoms with Crippen molar-refractivity contribution >= 4 is 11.3 Å². The molecular formula is C11H16N4S. The molecule has 2 N–H and O–H groups in total. The first kappa shape index (κ1) is 11.3. The third kappa shape index (κ3) is 2.15. The summed E-state index contributed by atoms with van der Waals surface area (Å²) >= 11 is 1.63. The van der Waals surface area contributed by atoms with Crippen LogP contribution in [0.5, 0.6) is 0 Å². The van der Waals surface area contributed by atoms with Crippen LogP contribution in [-0.2, 0) is 6.54 Å². The Balaban J connectivity index is 2.26. The number of aromatic nitrogens is 3. The minimum absolute atomic E-state index is 0.168. The Hall–Kier alpha value is -1.20. The van der Waals surface area contributed by atoms with Gasteiger partial charge in [0.25, 0.3) is 0 Å². The Labute approximate surface area is 99.1 Å². The van der Waals surface area contributed by atoms with Crippen LogP contribution in [0.3, 0.4) is 0 Å². The number of hydrogen-bond acceptors (Lipinski definition) is 4. The van der Waals surface area contributed by atoms with Crippen molar-refractivity contribution in [2.24, 2.45) is 5.73 Å². The molecule has 86 valence electrons. The highest BCUT2D eigenvalue weighted by atomic mass is 32.1. The molecule has 1 atom stereocenters. The first-order valence-electron chi connectivity index (χ1n) is 5.41. The summed E-state index contributed by atoms with van der Waals surface area (Å²) in [6, 6.07) is 1.80. The predicted octanol–water partition coefficient (Wildman–Crippen LogP) is 2.11. The van der Waals surface area contributed by atoms with Crippen molar-refractivity contribution in [1.29, 1.82) is 0 Å². The van der Waals surface area contributed by atoms with Gasteiger partial charge in [-0.15, -0.1) is 11.3 Å². The number of nitrogens with two attached hydrogens (primary N) is 1. The van der Waals surface area contributed by atoms with Crippen molar-refractivity contribution in [3.05, 3.63) is 34.0 Å². The van der Waals surface area contributed by atoms with Gasteiger partial charge in [-0.05, 0) is 19.4 Å². The smallest absolute Gasteiger partial charge is 0.0905 e. The molecule has 0 spiro atoms. The molecule has 2 rings (SSSR count). The number of hydrogen-bond donors (Lipinski definition) is 1. The largest absolute Gasteiger partial charge is 0.318 e. The second kappa shape index (κ2) is 4.76. The molecule has 0 fully saturated rings. The monoisotopic (exact) mass is 236 g/mol. The fraction of sp³-hybridized carbons (Fsp3) is 0.455. The molecule has 0 radical (unpaired) electrons. The molecule has 0 saturated carbocycles. The van der Waals surface area contributed by atoms with Gasteiger partial charge in [-0.1, -0.05) is 6.92 Å². The van der Waals surface area contributed by atoms with E-state index < -0.39 is 0 Å². The second-order valence-corrected chi connectivity index (χ2v) is 4.81. The van der Waals surface area contributed by atoms with E-state index in [-0.39, 0.29) is 6.04 Å². The van der Waals surface area contributed by atoms with Gasteiger partial charge in [0.05, 0.1) is 22.4 Å². The van der Waals surface area contributed by atoms with Crippen molar-refractivity contribution < 1.29 is 0 Å². The molecule has 0 amide bonds. The predicted molar refractivity (Wildman–Crippen MR) is 65.4 cm³/mol. The zero-order valence-corrected chi connectivity index (χ0v) is 10.4. The topological polar surface area (TPSA) is 56.7 Å². The lowest BCUT2D eigenvalue weighted by atomic mass is 10.1. The minimum atomic E-state index is -0.168. The van der Waals surface area contributed by atoms with Gasteiger partial charge in [-0.3, -0.25) is 4.68 Å². The molecule has 4 nitrogen and oxygen atoms in total. The molecule has 0 aromatic carbocycles. The highest BCUT2D eigenvalue weighted by Crippen LogP contribution is 2.21. The van der Waals surface area contributed by atoms with Gasteiger partial charge in [0, 0.05) is 18.1 Å². The van der Waals surface area contributed by atoms with E-state index >= 15 is 0 Å². The summed E-state index contributed by atoms with van der Waals surface area (Å²) in [7, 11) is 0. The number of rotatable bonds is 4. The summed E-state index contributed by atoms with van der Waals surface area (Å²) in [6.07, 6.45) is 2.85. The average molecular weight is 236 g/mol.